The summed E-state index contributed by atoms with van der Waals surface area (Å²) in [6, 6.07) is 14.2. The molecule has 0 aromatic heterocycles. The van der Waals surface area contributed by atoms with Crippen molar-refractivity contribution in [2.45, 2.75) is 110 Å². The van der Waals surface area contributed by atoms with E-state index in [2.05, 4.69) is 61.0 Å². The monoisotopic (exact) mass is 538 g/mol. The van der Waals surface area contributed by atoms with Gasteiger partial charge in [0.25, 0.3) is 10.0 Å². The Labute approximate surface area is 230 Å². The van der Waals surface area contributed by atoms with Crippen molar-refractivity contribution in [2.75, 3.05) is 0 Å². The van der Waals surface area contributed by atoms with Crippen LogP contribution in [-0.4, -0.2) is 20.2 Å². The first-order valence-electron chi connectivity index (χ1n) is 14.0. The molecule has 1 aliphatic carbocycles. The average molecular weight is 539 g/mol. The van der Waals surface area contributed by atoms with Gasteiger partial charge in [-0.05, 0) is 73.1 Å². The fourth-order valence-electron chi connectivity index (χ4n) is 5.32. The van der Waals surface area contributed by atoms with Crippen LogP contribution in [-0.2, 0) is 21.4 Å². The van der Waals surface area contributed by atoms with Gasteiger partial charge in [-0.3, -0.25) is 0 Å². The molecule has 0 heterocycles. The Morgan fingerprint density at radius 1 is 1.03 bits per heavy atom. The van der Waals surface area contributed by atoms with Gasteiger partial charge in [-0.15, -0.1) is 0 Å². The number of nitrogens with one attached hydrogen (secondary N) is 1. The van der Waals surface area contributed by atoms with Gasteiger partial charge >= 0.3 is 0 Å². The summed E-state index contributed by atoms with van der Waals surface area (Å²) in [5.41, 5.74) is 4.27. The standard InChI is InChI=1S/C32H46N2O3S/c1-9-18-32(8)29(16-13-17-30(32)37-21-25-14-11-10-12-15-25)33-34-38(35,36)31-27(23(4)5)19-26(22(2)3)20-28(31)24(6)7/h9-12,14-15,18-20,22-24,30,34H,13,16-17,21H2,1-8H3/b18-9-,33-29?/t30-,32-/m0/s1. The maximum atomic E-state index is 13.9. The first-order valence-corrected chi connectivity index (χ1v) is 15.4. The number of benzene rings is 2. The Kier molecular flexibility index (Phi) is 9.99. The zero-order valence-corrected chi connectivity index (χ0v) is 25.2. The lowest BCUT2D eigenvalue weighted by molar-refractivity contribution is -0.0121. The number of rotatable bonds is 10. The second-order valence-electron chi connectivity index (χ2n) is 11.6. The molecule has 0 spiro atoms. The first-order chi connectivity index (χ1) is 17.9. The lowest BCUT2D eigenvalue weighted by Gasteiger charge is -2.40. The summed E-state index contributed by atoms with van der Waals surface area (Å²) in [6.45, 7) is 17.1. The van der Waals surface area contributed by atoms with Crippen molar-refractivity contribution in [2.24, 2.45) is 10.5 Å². The number of ether oxygens (including phenoxy) is 1. The summed E-state index contributed by atoms with van der Waals surface area (Å²) in [4.78, 5) is 3.03. The molecule has 3 rings (SSSR count). The van der Waals surface area contributed by atoms with Crippen molar-refractivity contribution in [3.63, 3.8) is 0 Å². The second-order valence-corrected chi connectivity index (χ2v) is 13.2. The molecule has 2 atom stereocenters. The number of hydrogen-bond acceptors (Lipinski definition) is 4. The van der Waals surface area contributed by atoms with Crippen LogP contribution in [0.5, 0.6) is 0 Å². The smallest absolute Gasteiger partial charge is 0.277 e. The number of allylic oxidation sites excluding steroid dienone is 1. The van der Waals surface area contributed by atoms with Crippen LogP contribution in [0.15, 0.2) is 64.6 Å². The highest BCUT2D eigenvalue weighted by Gasteiger charge is 2.41. The maximum Gasteiger partial charge on any atom is 0.277 e. The average Bonchev–Trinajstić information content (AvgIpc) is 2.87. The molecule has 1 fully saturated rings. The third kappa shape index (κ3) is 6.76. The van der Waals surface area contributed by atoms with Gasteiger partial charge < -0.3 is 4.74 Å². The summed E-state index contributed by atoms with van der Waals surface area (Å²) < 4.78 is 34.2. The fraction of sp³-hybridized carbons (Fsp3) is 0.531. The first kappa shape index (κ1) is 30.1. The van der Waals surface area contributed by atoms with Crippen LogP contribution in [0.4, 0.5) is 0 Å². The Bertz CT molecular complexity index is 1220. The van der Waals surface area contributed by atoms with E-state index in [1.54, 1.807) is 0 Å². The van der Waals surface area contributed by atoms with E-state index in [-0.39, 0.29) is 17.9 Å². The van der Waals surface area contributed by atoms with Crippen LogP contribution in [0.3, 0.4) is 0 Å². The minimum atomic E-state index is -3.89. The molecule has 2 aromatic rings. The predicted octanol–water partition coefficient (Wildman–Crippen LogP) is 8.04. The molecular formula is C32H46N2O3S. The van der Waals surface area contributed by atoms with Gasteiger partial charge in [0.05, 0.1) is 28.7 Å². The van der Waals surface area contributed by atoms with Gasteiger partial charge in [-0.2, -0.15) is 13.5 Å². The lowest BCUT2D eigenvalue weighted by atomic mass is 9.71. The van der Waals surface area contributed by atoms with Gasteiger partial charge in [0.1, 0.15) is 0 Å². The van der Waals surface area contributed by atoms with Crippen LogP contribution in [0, 0.1) is 5.41 Å². The van der Waals surface area contributed by atoms with Crippen LogP contribution < -0.4 is 4.83 Å². The van der Waals surface area contributed by atoms with Crippen LogP contribution >= 0.6 is 0 Å². The zero-order chi connectivity index (χ0) is 28.1. The largest absolute Gasteiger partial charge is 0.372 e. The van der Waals surface area contributed by atoms with Crippen molar-refractivity contribution in [3.05, 3.63) is 76.9 Å². The summed E-state index contributed by atoms with van der Waals surface area (Å²) in [5, 5.41) is 4.61. The molecule has 5 nitrogen and oxygen atoms in total. The van der Waals surface area contributed by atoms with E-state index in [0.29, 0.717) is 17.4 Å². The van der Waals surface area contributed by atoms with Gasteiger partial charge in [0, 0.05) is 0 Å². The van der Waals surface area contributed by atoms with E-state index in [4.69, 9.17) is 4.74 Å². The Morgan fingerprint density at radius 3 is 2.16 bits per heavy atom. The number of hydrogen-bond donors (Lipinski definition) is 1. The van der Waals surface area contributed by atoms with Gasteiger partial charge in [0.15, 0.2) is 0 Å². The second kappa shape index (κ2) is 12.6. The maximum absolute atomic E-state index is 13.9. The van der Waals surface area contributed by atoms with E-state index in [0.717, 1.165) is 47.2 Å². The van der Waals surface area contributed by atoms with Crippen LogP contribution in [0.2, 0.25) is 0 Å². The molecule has 0 saturated heterocycles. The molecule has 2 aromatic carbocycles. The predicted molar refractivity (Wildman–Crippen MR) is 158 cm³/mol. The molecule has 0 aliphatic heterocycles. The SMILES string of the molecule is C/C=C\[C@@]1(C)C(=NNS(=O)(=O)c2c(C(C)C)cc(C(C)C)cc2C(C)C)CCC[C@@H]1OCc1ccccc1. The quantitative estimate of drug-likeness (QED) is 0.246. The van der Waals surface area contributed by atoms with Crippen molar-refractivity contribution in [3.8, 4) is 0 Å². The summed E-state index contributed by atoms with van der Waals surface area (Å²) in [5.74, 6) is 0.430. The highest BCUT2D eigenvalue weighted by molar-refractivity contribution is 7.89. The molecule has 6 heteroatoms. The minimum Gasteiger partial charge on any atom is -0.372 e. The molecule has 0 amide bonds. The minimum absolute atomic E-state index is 0.0594. The number of nitrogens with zero attached hydrogens (tertiary/aromatic N) is 1. The molecule has 0 bridgehead atoms. The molecule has 1 aliphatic rings. The highest BCUT2D eigenvalue weighted by atomic mass is 32.2. The van der Waals surface area contributed by atoms with Crippen molar-refractivity contribution in [1.29, 1.82) is 0 Å². The molecule has 208 valence electrons. The molecule has 1 N–H and O–H groups in total. The van der Waals surface area contributed by atoms with Crippen molar-refractivity contribution in [1.82, 2.24) is 4.83 Å². The van der Waals surface area contributed by atoms with E-state index < -0.39 is 15.4 Å². The topological polar surface area (TPSA) is 67.8 Å². The molecule has 38 heavy (non-hydrogen) atoms. The van der Waals surface area contributed by atoms with E-state index in [1.165, 1.54) is 0 Å². The highest BCUT2D eigenvalue weighted by Crippen LogP contribution is 2.39. The molecular weight excluding hydrogens is 492 g/mol. The molecule has 1 saturated carbocycles. The Morgan fingerprint density at radius 2 is 1.63 bits per heavy atom. The zero-order valence-electron chi connectivity index (χ0n) is 24.4. The Hall–Kier alpha value is -2.44. The normalized spacial score (nSPS) is 21.8. The summed E-state index contributed by atoms with van der Waals surface area (Å²) in [6.07, 6.45) is 6.52. The van der Waals surface area contributed by atoms with Crippen LogP contribution in [0.1, 0.15) is 115 Å². The van der Waals surface area contributed by atoms with Crippen molar-refractivity contribution < 1.29 is 13.2 Å². The van der Waals surface area contributed by atoms with Gasteiger partial charge in [0.2, 0.25) is 0 Å². The number of sulfonamides is 1. The van der Waals surface area contributed by atoms with Gasteiger partial charge in [-0.1, -0.05) is 96.2 Å². The third-order valence-corrected chi connectivity index (χ3v) is 8.97. The van der Waals surface area contributed by atoms with Crippen molar-refractivity contribution >= 4 is 15.7 Å². The van der Waals surface area contributed by atoms with Crippen LogP contribution in [0.25, 0.3) is 0 Å². The summed E-state index contributed by atoms with van der Waals surface area (Å²) in [7, 11) is -3.89. The molecule has 0 unspecified atom stereocenters. The van der Waals surface area contributed by atoms with Gasteiger partial charge in [-0.25, -0.2) is 4.83 Å². The fourth-order valence-corrected chi connectivity index (χ4v) is 6.86. The Balaban J connectivity index is 1.99. The van der Waals surface area contributed by atoms with E-state index in [1.807, 2.05) is 58.9 Å². The molecule has 0 radical (unpaired) electrons. The van der Waals surface area contributed by atoms with E-state index >= 15 is 0 Å². The lowest BCUT2D eigenvalue weighted by Crippen LogP contribution is -2.44. The summed E-state index contributed by atoms with van der Waals surface area (Å²) >= 11 is 0. The number of hydrazone groups is 1. The van der Waals surface area contributed by atoms with E-state index in [9.17, 15) is 8.42 Å². The third-order valence-electron chi connectivity index (χ3n) is 7.63.